The van der Waals surface area contributed by atoms with Crippen LogP contribution >= 0.6 is 11.6 Å². The molecule has 5 nitrogen and oxygen atoms in total. The summed E-state index contributed by atoms with van der Waals surface area (Å²) in [7, 11) is -3.98. The van der Waals surface area contributed by atoms with Gasteiger partial charge < -0.3 is 9.64 Å². The van der Waals surface area contributed by atoms with Crippen molar-refractivity contribution in [1.29, 1.82) is 0 Å². The Labute approximate surface area is 178 Å². The maximum Gasteiger partial charge on any atom is 0.573 e. The first-order valence-electron chi connectivity index (χ1n) is 9.48. The summed E-state index contributed by atoms with van der Waals surface area (Å²) in [5.74, 6) is -0.482. The normalized spacial score (nSPS) is 16.9. The molecule has 0 bridgehead atoms. The molecule has 1 heterocycles. The highest BCUT2D eigenvalue weighted by atomic mass is 35.5. The van der Waals surface area contributed by atoms with Crippen molar-refractivity contribution in [2.45, 2.75) is 36.6 Å². The number of hydrogen-bond acceptors (Lipinski definition) is 4. The number of sulfonamides is 1. The van der Waals surface area contributed by atoms with Crippen LogP contribution in [0.15, 0.2) is 53.4 Å². The standard InChI is InChI=1S/C20H22ClF3N2O3S/c21-16-6-4-15(5-7-16)19(14-26-12-2-1-3-13-26)25-30(27,28)18-10-8-17(9-11-18)29-20(22,23)24/h4-11,19,25H,1-3,12-14H2/t19-/m1/s1. The molecule has 0 amide bonds. The molecular formula is C20H22ClF3N2O3S. The third kappa shape index (κ3) is 6.60. The van der Waals surface area contributed by atoms with Crippen LogP contribution in [0.1, 0.15) is 30.9 Å². The first-order valence-corrected chi connectivity index (χ1v) is 11.3. The van der Waals surface area contributed by atoms with Crippen molar-refractivity contribution in [2.75, 3.05) is 19.6 Å². The Balaban J connectivity index is 1.80. The van der Waals surface area contributed by atoms with Crippen LogP contribution in [-0.4, -0.2) is 39.3 Å². The van der Waals surface area contributed by atoms with Crippen LogP contribution in [0.2, 0.25) is 5.02 Å². The van der Waals surface area contributed by atoms with Crippen LogP contribution in [-0.2, 0) is 10.0 Å². The largest absolute Gasteiger partial charge is 0.573 e. The first-order chi connectivity index (χ1) is 14.1. The van der Waals surface area contributed by atoms with Crippen LogP contribution < -0.4 is 9.46 Å². The van der Waals surface area contributed by atoms with Crippen LogP contribution in [0.4, 0.5) is 13.2 Å². The van der Waals surface area contributed by atoms with Crippen molar-refractivity contribution >= 4 is 21.6 Å². The van der Waals surface area contributed by atoms with Crippen molar-refractivity contribution in [3.05, 3.63) is 59.1 Å². The predicted octanol–water partition coefficient (Wildman–Crippen LogP) is 4.74. The average molecular weight is 463 g/mol. The average Bonchev–Trinajstić information content (AvgIpc) is 2.68. The predicted molar refractivity (Wildman–Crippen MR) is 108 cm³/mol. The lowest BCUT2D eigenvalue weighted by Crippen LogP contribution is -2.40. The number of rotatable bonds is 7. The summed E-state index contributed by atoms with van der Waals surface area (Å²) in [6.45, 7) is 2.25. The Kier molecular flexibility index (Phi) is 7.28. The molecule has 1 N–H and O–H groups in total. The molecule has 0 aliphatic carbocycles. The van der Waals surface area contributed by atoms with E-state index in [4.69, 9.17) is 11.6 Å². The molecule has 10 heteroatoms. The molecule has 0 unspecified atom stereocenters. The topological polar surface area (TPSA) is 58.6 Å². The number of alkyl halides is 3. The molecule has 30 heavy (non-hydrogen) atoms. The van der Waals surface area contributed by atoms with Gasteiger partial charge in [0.25, 0.3) is 0 Å². The van der Waals surface area contributed by atoms with Gasteiger partial charge in [0, 0.05) is 11.6 Å². The number of halogens is 4. The zero-order valence-corrected chi connectivity index (χ0v) is 17.6. The summed E-state index contributed by atoms with van der Waals surface area (Å²) in [5, 5.41) is 0.540. The first kappa shape index (κ1) is 22.9. The molecule has 1 fully saturated rings. The highest BCUT2D eigenvalue weighted by Gasteiger charge is 2.31. The maximum atomic E-state index is 12.9. The Morgan fingerprint density at radius 2 is 1.60 bits per heavy atom. The van der Waals surface area contributed by atoms with Gasteiger partial charge >= 0.3 is 6.36 Å². The molecule has 2 aromatic carbocycles. The summed E-state index contributed by atoms with van der Waals surface area (Å²) in [5.41, 5.74) is 0.755. The van der Waals surface area contributed by atoms with Crippen molar-refractivity contribution in [1.82, 2.24) is 9.62 Å². The van der Waals surface area contributed by atoms with E-state index >= 15 is 0 Å². The number of benzene rings is 2. The molecule has 1 atom stereocenters. The van der Waals surface area contributed by atoms with Gasteiger partial charge in [0.05, 0.1) is 10.9 Å². The second-order valence-electron chi connectivity index (χ2n) is 7.11. The van der Waals surface area contributed by atoms with Crippen LogP contribution in [0, 0.1) is 0 Å². The summed E-state index contributed by atoms with van der Waals surface area (Å²) in [4.78, 5) is 2.06. The lowest BCUT2D eigenvalue weighted by Gasteiger charge is -2.31. The number of nitrogens with one attached hydrogen (secondary N) is 1. The SMILES string of the molecule is O=S(=O)(N[C@H](CN1CCCCC1)c1ccc(Cl)cc1)c1ccc(OC(F)(F)F)cc1. The lowest BCUT2D eigenvalue weighted by atomic mass is 10.1. The lowest BCUT2D eigenvalue weighted by molar-refractivity contribution is -0.274. The number of piperidine rings is 1. The minimum Gasteiger partial charge on any atom is -0.406 e. The summed E-state index contributed by atoms with van der Waals surface area (Å²) in [6, 6.07) is 10.5. The highest BCUT2D eigenvalue weighted by Crippen LogP contribution is 2.26. The van der Waals surface area contributed by atoms with E-state index in [2.05, 4.69) is 14.4 Å². The molecule has 1 aliphatic heterocycles. The third-order valence-corrected chi connectivity index (χ3v) is 6.57. The van der Waals surface area contributed by atoms with Crippen molar-refractivity contribution in [3.8, 4) is 5.75 Å². The minimum atomic E-state index is -4.84. The monoisotopic (exact) mass is 462 g/mol. The van der Waals surface area contributed by atoms with Gasteiger partial charge in [-0.25, -0.2) is 13.1 Å². The molecule has 0 aromatic heterocycles. The Morgan fingerprint density at radius 1 is 1.00 bits per heavy atom. The van der Waals surface area contributed by atoms with Crippen molar-refractivity contribution in [2.24, 2.45) is 0 Å². The zero-order chi connectivity index (χ0) is 21.8. The van der Waals surface area contributed by atoms with E-state index in [1.165, 1.54) is 0 Å². The molecule has 2 aromatic rings. The van der Waals surface area contributed by atoms with Gasteiger partial charge in [-0.3, -0.25) is 0 Å². The van der Waals surface area contributed by atoms with E-state index in [1.807, 2.05) is 0 Å². The molecule has 3 rings (SSSR count). The van der Waals surface area contributed by atoms with Crippen molar-refractivity contribution in [3.63, 3.8) is 0 Å². The Hall–Kier alpha value is -1.81. The molecular weight excluding hydrogens is 441 g/mol. The van der Waals surface area contributed by atoms with Crippen LogP contribution in [0.3, 0.4) is 0 Å². The minimum absolute atomic E-state index is 0.144. The van der Waals surface area contributed by atoms with E-state index in [0.717, 1.165) is 62.2 Å². The van der Waals surface area contributed by atoms with Gasteiger partial charge in [-0.1, -0.05) is 30.2 Å². The molecule has 1 saturated heterocycles. The van der Waals surface area contributed by atoms with E-state index in [-0.39, 0.29) is 4.90 Å². The third-order valence-electron chi connectivity index (χ3n) is 4.83. The molecule has 164 valence electrons. The highest BCUT2D eigenvalue weighted by molar-refractivity contribution is 7.89. The molecule has 0 radical (unpaired) electrons. The van der Waals surface area contributed by atoms with Gasteiger partial charge in [0.2, 0.25) is 10.0 Å². The number of ether oxygens (including phenoxy) is 1. The van der Waals surface area contributed by atoms with E-state index in [1.54, 1.807) is 24.3 Å². The van der Waals surface area contributed by atoms with E-state index in [0.29, 0.717) is 11.6 Å². The van der Waals surface area contributed by atoms with Gasteiger partial charge in [0.15, 0.2) is 0 Å². The Morgan fingerprint density at radius 3 is 2.17 bits per heavy atom. The van der Waals surface area contributed by atoms with Gasteiger partial charge in [0.1, 0.15) is 5.75 Å². The fourth-order valence-electron chi connectivity index (χ4n) is 3.38. The van der Waals surface area contributed by atoms with E-state index in [9.17, 15) is 21.6 Å². The fourth-order valence-corrected chi connectivity index (χ4v) is 4.72. The maximum absolute atomic E-state index is 12.9. The van der Waals surface area contributed by atoms with Crippen molar-refractivity contribution < 1.29 is 26.3 Å². The Bertz CT molecular complexity index is 929. The smallest absolute Gasteiger partial charge is 0.406 e. The molecule has 1 aliphatic rings. The van der Waals surface area contributed by atoms with Crippen LogP contribution in [0.5, 0.6) is 5.75 Å². The number of nitrogens with zero attached hydrogens (tertiary/aromatic N) is 1. The van der Waals surface area contributed by atoms with Gasteiger partial charge in [-0.15, -0.1) is 13.2 Å². The number of hydrogen-bond donors (Lipinski definition) is 1. The number of likely N-dealkylation sites (tertiary alicyclic amines) is 1. The molecule has 0 spiro atoms. The zero-order valence-electron chi connectivity index (χ0n) is 16.0. The van der Waals surface area contributed by atoms with Gasteiger partial charge in [-0.05, 0) is 67.9 Å². The summed E-state index contributed by atoms with van der Waals surface area (Å²) >= 11 is 5.96. The molecule has 0 saturated carbocycles. The van der Waals surface area contributed by atoms with Crippen LogP contribution in [0.25, 0.3) is 0 Å². The van der Waals surface area contributed by atoms with Gasteiger partial charge in [-0.2, -0.15) is 0 Å². The second-order valence-corrected chi connectivity index (χ2v) is 9.26. The van der Waals surface area contributed by atoms with E-state index < -0.39 is 28.2 Å². The summed E-state index contributed by atoms with van der Waals surface area (Å²) < 4.78 is 69.2. The quantitative estimate of drug-likeness (QED) is 0.645. The fraction of sp³-hybridized carbons (Fsp3) is 0.400. The second kappa shape index (κ2) is 9.55. The summed E-state index contributed by atoms with van der Waals surface area (Å²) in [6.07, 6.45) is -1.57.